The van der Waals surface area contributed by atoms with Crippen LogP contribution < -0.4 is 5.73 Å². The number of methoxy groups -OCH3 is 1. The van der Waals surface area contributed by atoms with Gasteiger partial charge in [-0.05, 0) is 61.6 Å². The van der Waals surface area contributed by atoms with Crippen LogP contribution in [0.1, 0.15) is 37.3 Å². The molecule has 0 spiro atoms. The molecule has 0 aliphatic heterocycles. The number of nitrogens with two attached hydrogens (primary N) is 1. The van der Waals surface area contributed by atoms with Crippen molar-refractivity contribution in [3.8, 4) is 0 Å². The maximum Gasteiger partial charge on any atom is 0.0983 e. The lowest BCUT2D eigenvalue weighted by molar-refractivity contribution is -0.00786. The number of aryl methyl sites for hydroxylation is 1. The predicted molar refractivity (Wildman–Crippen MR) is 109 cm³/mol. The molecule has 0 saturated heterocycles. The molecule has 0 amide bonds. The van der Waals surface area contributed by atoms with E-state index in [4.69, 9.17) is 22.1 Å². The number of halogens is 1. The minimum Gasteiger partial charge on any atom is -0.398 e. The third-order valence-electron chi connectivity index (χ3n) is 6.18. The van der Waals surface area contributed by atoms with Gasteiger partial charge in [-0.3, -0.25) is 0 Å². The van der Waals surface area contributed by atoms with Crippen LogP contribution in [0.2, 0.25) is 5.02 Å². The first-order valence-corrected chi connectivity index (χ1v) is 9.55. The fourth-order valence-corrected chi connectivity index (χ4v) is 4.84. The van der Waals surface area contributed by atoms with E-state index in [1.54, 1.807) is 0 Å². The van der Waals surface area contributed by atoms with Crippen LogP contribution in [0.15, 0.2) is 48.7 Å². The van der Waals surface area contributed by atoms with Gasteiger partial charge in [-0.25, -0.2) is 0 Å². The summed E-state index contributed by atoms with van der Waals surface area (Å²) in [7, 11) is 1.83. The highest BCUT2D eigenvalue weighted by Crippen LogP contribution is 2.57. The molecule has 1 aliphatic rings. The van der Waals surface area contributed by atoms with Crippen molar-refractivity contribution < 1.29 is 4.74 Å². The molecule has 136 valence electrons. The molecule has 1 heterocycles. The lowest BCUT2D eigenvalue weighted by Crippen LogP contribution is -2.48. The molecule has 1 atom stereocenters. The van der Waals surface area contributed by atoms with Gasteiger partial charge in [-0.15, -0.1) is 0 Å². The summed E-state index contributed by atoms with van der Waals surface area (Å²) in [6.45, 7) is 4.38. The van der Waals surface area contributed by atoms with Crippen molar-refractivity contribution in [3.05, 3.63) is 64.8 Å². The summed E-state index contributed by atoms with van der Waals surface area (Å²) in [5.41, 5.74) is 10.2. The fourth-order valence-electron chi connectivity index (χ4n) is 4.71. The Morgan fingerprint density at radius 2 is 1.85 bits per heavy atom. The number of nitrogens with zero attached hydrogens (tertiary/aromatic N) is 1. The Kier molecular flexibility index (Phi) is 4.05. The van der Waals surface area contributed by atoms with E-state index in [-0.39, 0.29) is 11.1 Å². The predicted octanol–water partition coefficient (Wildman–Crippen LogP) is 5.52. The zero-order chi connectivity index (χ0) is 18.5. The van der Waals surface area contributed by atoms with Gasteiger partial charge >= 0.3 is 0 Å². The number of anilines is 1. The highest BCUT2D eigenvalue weighted by atomic mass is 35.5. The number of aromatic nitrogens is 1. The van der Waals surface area contributed by atoms with Gasteiger partial charge in [-0.2, -0.15) is 0 Å². The largest absolute Gasteiger partial charge is 0.398 e. The summed E-state index contributed by atoms with van der Waals surface area (Å²) in [5, 5.41) is 1.85. The Morgan fingerprint density at radius 3 is 2.42 bits per heavy atom. The number of nitrogen functional groups attached to an aromatic ring is 1. The van der Waals surface area contributed by atoms with E-state index < -0.39 is 0 Å². The molecule has 26 heavy (non-hydrogen) atoms. The molecule has 4 rings (SSSR count). The normalized spacial score (nSPS) is 18.0. The maximum atomic E-state index is 6.28. The smallest absolute Gasteiger partial charge is 0.0983 e. The molecule has 3 nitrogen and oxygen atoms in total. The first-order valence-electron chi connectivity index (χ1n) is 9.17. The van der Waals surface area contributed by atoms with E-state index in [9.17, 15) is 0 Å². The van der Waals surface area contributed by atoms with Crippen LogP contribution in [0.4, 0.5) is 5.69 Å². The fraction of sp³-hybridized carbons (Fsp3) is 0.364. The van der Waals surface area contributed by atoms with Crippen molar-refractivity contribution in [1.82, 2.24) is 4.57 Å². The number of hydrogen-bond acceptors (Lipinski definition) is 2. The Morgan fingerprint density at radius 1 is 1.15 bits per heavy atom. The summed E-state index contributed by atoms with van der Waals surface area (Å²) in [6.07, 6.45) is 5.17. The lowest BCUT2D eigenvalue weighted by atomic mass is 9.79. The second kappa shape index (κ2) is 6.04. The minimum atomic E-state index is -0.299. The molecule has 4 heteroatoms. The monoisotopic (exact) mass is 368 g/mol. The molecule has 2 N–H and O–H groups in total. The van der Waals surface area contributed by atoms with Crippen LogP contribution in [0.3, 0.4) is 0 Å². The van der Waals surface area contributed by atoms with Crippen LogP contribution in [-0.4, -0.2) is 17.3 Å². The van der Waals surface area contributed by atoms with Gasteiger partial charge in [0, 0.05) is 29.4 Å². The Hall–Kier alpha value is -1.97. The van der Waals surface area contributed by atoms with E-state index in [1.165, 1.54) is 16.6 Å². The first-order chi connectivity index (χ1) is 12.5. The van der Waals surface area contributed by atoms with Gasteiger partial charge in [0.2, 0.25) is 0 Å². The second-order valence-corrected chi connectivity index (χ2v) is 7.78. The Balaban J connectivity index is 2.07. The quantitative estimate of drug-likeness (QED) is 0.602. The summed E-state index contributed by atoms with van der Waals surface area (Å²) < 4.78 is 8.54. The number of hydrogen-bond donors (Lipinski definition) is 1. The van der Waals surface area contributed by atoms with E-state index in [0.29, 0.717) is 0 Å². The summed E-state index contributed by atoms with van der Waals surface area (Å²) >= 11 is 6.18. The Labute approximate surface area is 159 Å². The van der Waals surface area contributed by atoms with Gasteiger partial charge in [0.15, 0.2) is 0 Å². The molecule has 1 saturated carbocycles. The third-order valence-corrected chi connectivity index (χ3v) is 6.43. The topological polar surface area (TPSA) is 40.2 Å². The summed E-state index contributed by atoms with van der Waals surface area (Å²) in [5.74, 6) is 0. The molecule has 0 radical (unpaired) electrons. The number of rotatable bonds is 5. The van der Waals surface area contributed by atoms with Crippen LogP contribution in [-0.2, 0) is 10.3 Å². The van der Waals surface area contributed by atoms with Gasteiger partial charge < -0.3 is 15.0 Å². The molecular formula is C22H25ClN2O. The van der Waals surface area contributed by atoms with E-state index in [0.717, 1.165) is 35.4 Å². The SMILES string of the molecule is CCC(c1ccc(Cl)cc1)(n1ccc2c(N)ccc(C)c21)C1(OC)CC1. The average Bonchev–Trinajstić information content (AvgIpc) is 3.32. The van der Waals surface area contributed by atoms with Crippen LogP contribution >= 0.6 is 11.6 Å². The van der Waals surface area contributed by atoms with Gasteiger partial charge in [0.25, 0.3) is 0 Å². The molecular weight excluding hydrogens is 344 g/mol. The zero-order valence-corrected chi connectivity index (χ0v) is 16.3. The maximum absolute atomic E-state index is 6.28. The zero-order valence-electron chi connectivity index (χ0n) is 15.6. The molecule has 1 fully saturated rings. The highest BCUT2D eigenvalue weighted by molar-refractivity contribution is 6.30. The summed E-state index contributed by atoms with van der Waals surface area (Å²) in [4.78, 5) is 0. The number of fused-ring (bicyclic) bond motifs is 1. The minimum absolute atomic E-state index is 0.210. The molecule has 3 aromatic rings. The second-order valence-electron chi connectivity index (χ2n) is 7.34. The van der Waals surface area contributed by atoms with Crippen LogP contribution in [0.5, 0.6) is 0 Å². The first kappa shape index (κ1) is 17.4. The summed E-state index contributed by atoms with van der Waals surface area (Å²) in [6, 6.07) is 14.4. The molecule has 1 unspecified atom stereocenters. The van der Waals surface area contributed by atoms with Crippen molar-refractivity contribution in [3.63, 3.8) is 0 Å². The van der Waals surface area contributed by atoms with Crippen molar-refractivity contribution in [1.29, 1.82) is 0 Å². The van der Waals surface area contributed by atoms with Crippen molar-refractivity contribution in [2.45, 2.75) is 44.2 Å². The number of benzene rings is 2. The third kappa shape index (κ3) is 2.23. The standard InChI is InChI=1S/C22H25ClN2O/c1-4-22(21(26-3)12-13-21,16-6-8-17(23)9-7-16)25-14-11-18-19(24)10-5-15(2)20(18)25/h5-11,14H,4,12-13,24H2,1-3H3. The van der Waals surface area contributed by atoms with Crippen molar-refractivity contribution in [2.75, 3.05) is 12.8 Å². The van der Waals surface area contributed by atoms with Crippen molar-refractivity contribution in [2.24, 2.45) is 0 Å². The van der Waals surface area contributed by atoms with Gasteiger partial charge in [0.1, 0.15) is 0 Å². The van der Waals surface area contributed by atoms with E-state index in [2.05, 4.69) is 48.9 Å². The van der Waals surface area contributed by atoms with Gasteiger partial charge in [-0.1, -0.05) is 36.7 Å². The molecule has 2 aromatic carbocycles. The van der Waals surface area contributed by atoms with Crippen LogP contribution in [0.25, 0.3) is 10.9 Å². The average molecular weight is 369 g/mol. The number of ether oxygens (including phenoxy) is 1. The van der Waals surface area contributed by atoms with Crippen molar-refractivity contribution >= 4 is 28.2 Å². The molecule has 1 aromatic heterocycles. The lowest BCUT2D eigenvalue weighted by Gasteiger charge is -2.43. The van der Waals surface area contributed by atoms with Gasteiger partial charge in [0.05, 0.1) is 16.7 Å². The highest BCUT2D eigenvalue weighted by Gasteiger charge is 2.61. The van der Waals surface area contributed by atoms with E-state index >= 15 is 0 Å². The molecule has 0 bridgehead atoms. The Bertz CT molecular complexity index is 956. The van der Waals surface area contributed by atoms with E-state index in [1.807, 2.05) is 25.3 Å². The molecule has 1 aliphatic carbocycles. The van der Waals surface area contributed by atoms with Crippen LogP contribution in [0, 0.1) is 6.92 Å².